The van der Waals surface area contributed by atoms with Crippen molar-refractivity contribution in [3.63, 3.8) is 0 Å². The minimum atomic E-state index is -0.311. The molecule has 0 fully saturated rings. The number of nitrogens with zero attached hydrogens (tertiary/aromatic N) is 1. The van der Waals surface area contributed by atoms with Crippen LogP contribution in [-0.2, 0) is 0 Å². The molecule has 0 bridgehead atoms. The van der Waals surface area contributed by atoms with Gasteiger partial charge in [0.25, 0.3) is 5.91 Å². The molecular weight excluding hydrogens is 352 g/mol. The molecule has 0 unspecified atom stereocenters. The Hall–Kier alpha value is -2.92. The number of hydrogen-bond donors (Lipinski definition) is 1. The number of rotatable bonds is 3. The number of benzene rings is 2. The molecule has 4 rings (SSSR count). The van der Waals surface area contributed by atoms with Crippen molar-refractivity contribution in [3.8, 4) is 17.1 Å². The molecule has 1 aromatic heterocycles. The highest BCUT2D eigenvalue weighted by atomic mass is 35.5. The largest absolute Gasteiger partial charge is 0.489 e. The van der Waals surface area contributed by atoms with Crippen LogP contribution < -0.4 is 15.0 Å². The number of hydrogen-bond acceptors (Lipinski definition) is 4. The van der Waals surface area contributed by atoms with Crippen molar-refractivity contribution in [2.45, 2.75) is 0 Å². The fraction of sp³-hybridized carbons (Fsp3) is 0.150. The molecule has 0 atom stereocenters. The lowest BCUT2D eigenvalue weighted by atomic mass is 10.2. The van der Waals surface area contributed by atoms with E-state index in [1.54, 1.807) is 24.3 Å². The van der Waals surface area contributed by atoms with Gasteiger partial charge in [0.15, 0.2) is 5.76 Å². The van der Waals surface area contributed by atoms with Gasteiger partial charge in [0, 0.05) is 29.4 Å². The summed E-state index contributed by atoms with van der Waals surface area (Å²) in [5.74, 6) is 1.31. The van der Waals surface area contributed by atoms with E-state index in [2.05, 4.69) is 10.2 Å². The molecule has 0 radical (unpaired) electrons. The van der Waals surface area contributed by atoms with Crippen LogP contribution in [0.25, 0.3) is 11.3 Å². The van der Waals surface area contributed by atoms with Gasteiger partial charge in [0.1, 0.15) is 18.1 Å². The lowest BCUT2D eigenvalue weighted by Gasteiger charge is -2.27. The van der Waals surface area contributed by atoms with E-state index >= 15 is 0 Å². The zero-order chi connectivity index (χ0) is 18.1. The highest BCUT2D eigenvalue weighted by Gasteiger charge is 2.17. The quantitative estimate of drug-likeness (QED) is 0.729. The monoisotopic (exact) mass is 368 g/mol. The summed E-state index contributed by atoms with van der Waals surface area (Å²) in [5.41, 5.74) is 2.53. The molecule has 0 saturated carbocycles. The lowest BCUT2D eigenvalue weighted by molar-refractivity contribution is 0.0997. The Bertz CT molecular complexity index is 950. The van der Waals surface area contributed by atoms with Crippen LogP contribution in [-0.4, -0.2) is 26.1 Å². The zero-order valence-corrected chi connectivity index (χ0v) is 14.9. The number of furan rings is 1. The fourth-order valence-electron chi connectivity index (χ4n) is 2.86. The molecule has 6 heteroatoms. The molecule has 0 spiro atoms. The molecule has 1 aliphatic heterocycles. The maximum Gasteiger partial charge on any atom is 0.291 e. The van der Waals surface area contributed by atoms with Gasteiger partial charge in [-0.2, -0.15) is 0 Å². The standard InChI is InChI=1S/C20H17ClN2O3/c1-23-10-11-25-19-12-15(6-7-16(19)23)22-20(24)18-9-8-17(26-18)13-2-4-14(21)5-3-13/h2-9,12H,10-11H2,1H3,(H,22,24). The Balaban J connectivity index is 1.51. The Labute approximate surface area is 156 Å². The van der Waals surface area contributed by atoms with Crippen LogP contribution in [0.4, 0.5) is 11.4 Å². The van der Waals surface area contributed by atoms with E-state index in [1.807, 2.05) is 37.4 Å². The summed E-state index contributed by atoms with van der Waals surface area (Å²) in [5, 5.41) is 3.50. The zero-order valence-electron chi connectivity index (χ0n) is 14.2. The van der Waals surface area contributed by atoms with Crippen molar-refractivity contribution < 1.29 is 13.9 Å². The summed E-state index contributed by atoms with van der Waals surface area (Å²) < 4.78 is 11.3. The number of likely N-dealkylation sites (N-methyl/N-ethyl adjacent to an activating group) is 1. The summed E-state index contributed by atoms with van der Waals surface area (Å²) in [6, 6.07) is 16.3. The minimum absolute atomic E-state index is 0.241. The predicted molar refractivity (Wildman–Crippen MR) is 102 cm³/mol. The van der Waals surface area contributed by atoms with E-state index in [9.17, 15) is 4.79 Å². The molecule has 132 valence electrons. The topological polar surface area (TPSA) is 54.7 Å². The minimum Gasteiger partial charge on any atom is -0.489 e. The van der Waals surface area contributed by atoms with Gasteiger partial charge in [-0.15, -0.1) is 0 Å². The number of ether oxygens (including phenoxy) is 1. The average molecular weight is 369 g/mol. The molecule has 2 aromatic carbocycles. The van der Waals surface area contributed by atoms with Crippen molar-refractivity contribution in [3.05, 3.63) is 65.4 Å². The second-order valence-electron chi connectivity index (χ2n) is 6.08. The summed E-state index contributed by atoms with van der Waals surface area (Å²) >= 11 is 5.90. The Morgan fingerprint density at radius 3 is 2.73 bits per heavy atom. The van der Waals surface area contributed by atoms with E-state index < -0.39 is 0 Å². The molecule has 2 heterocycles. The first kappa shape index (κ1) is 16.5. The van der Waals surface area contributed by atoms with E-state index in [-0.39, 0.29) is 11.7 Å². The highest BCUT2D eigenvalue weighted by molar-refractivity contribution is 6.30. The van der Waals surface area contributed by atoms with Gasteiger partial charge < -0.3 is 19.4 Å². The van der Waals surface area contributed by atoms with Crippen molar-refractivity contribution in [1.29, 1.82) is 0 Å². The molecule has 5 nitrogen and oxygen atoms in total. The van der Waals surface area contributed by atoms with Crippen LogP contribution >= 0.6 is 11.6 Å². The summed E-state index contributed by atoms with van der Waals surface area (Å²) in [7, 11) is 2.01. The maximum absolute atomic E-state index is 12.5. The first-order valence-electron chi connectivity index (χ1n) is 8.25. The van der Waals surface area contributed by atoms with Gasteiger partial charge in [-0.25, -0.2) is 0 Å². The van der Waals surface area contributed by atoms with Gasteiger partial charge >= 0.3 is 0 Å². The van der Waals surface area contributed by atoms with Crippen LogP contribution in [0.3, 0.4) is 0 Å². The average Bonchev–Trinajstić information content (AvgIpc) is 3.13. The van der Waals surface area contributed by atoms with Gasteiger partial charge in [-0.05, 0) is 48.5 Å². The molecular formula is C20H17ClN2O3. The van der Waals surface area contributed by atoms with Crippen molar-refractivity contribution in [2.75, 3.05) is 30.4 Å². The van der Waals surface area contributed by atoms with Gasteiger partial charge in [0.05, 0.1) is 12.2 Å². The number of halogens is 1. The van der Waals surface area contributed by atoms with Crippen molar-refractivity contribution in [1.82, 2.24) is 0 Å². The second kappa shape index (κ2) is 6.77. The van der Waals surface area contributed by atoms with Gasteiger partial charge in [-0.3, -0.25) is 4.79 Å². The third-order valence-electron chi connectivity index (χ3n) is 4.27. The fourth-order valence-corrected chi connectivity index (χ4v) is 2.98. The van der Waals surface area contributed by atoms with Crippen LogP contribution in [0.5, 0.6) is 5.75 Å². The van der Waals surface area contributed by atoms with Crippen LogP contribution in [0.15, 0.2) is 59.0 Å². The number of amides is 1. The van der Waals surface area contributed by atoms with E-state index in [0.717, 1.165) is 23.5 Å². The molecule has 0 aliphatic carbocycles. The maximum atomic E-state index is 12.5. The summed E-state index contributed by atoms with van der Waals surface area (Å²) in [6.07, 6.45) is 0. The van der Waals surface area contributed by atoms with Crippen LogP contribution in [0, 0.1) is 0 Å². The predicted octanol–water partition coefficient (Wildman–Crippen LogP) is 4.68. The molecule has 1 amide bonds. The highest BCUT2D eigenvalue weighted by Crippen LogP contribution is 2.33. The summed E-state index contributed by atoms with van der Waals surface area (Å²) in [4.78, 5) is 14.6. The number of carbonyl (C=O) groups is 1. The Morgan fingerprint density at radius 2 is 1.92 bits per heavy atom. The SMILES string of the molecule is CN1CCOc2cc(NC(=O)c3ccc(-c4ccc(Cl)cc4)o3)ccc21. The number of fused-ring (bicyclic) bond motifs is 1. The van der Waals surface area contributed by atoms with E-state index in [4.69, 9.17) is 20.8 Å². The smallest absolute Gasteiger partial charge is 0.291 e. The second-order valence-corrected chi connectivity index (χ2v) is 6.51. The Morgan fingerprint density at radius 1 is 1.12 bits per heavy atom. The normalized spacial score (nSPS) is 13.1. The molecule has 1 N–H and O–H groups in total. The number of anilines is 2. The summed E-state index contributed by atoms with van der Waals surface area (Å²) in [6.45, 7) is 1.47. The van der Waals surface area contributed by atoms with Crippen molar-refractivity contribution in [2.24, 2.45) is 0 Å². The van der Waals surface area contributed by atoms with Crippen LogP contribution in [0.1, 0.15) is 10.6 Å². The molecule has 0 saturated heterocycles. The Kier molecular flexibility index (Phi) is 4.31. The first-order chi connectivity index (χ1) is 12.6. The van der Waals surface area contributed by atoms with Gasteiger partial charge in [0.2, 0.25) is 0 Å². The molecule has 1 aliphatic rings. The van der Waals surface area contributed by atoms with Crippen LogP contribution in [0.2, 0.25) is 5.02 Å². The third-order valence-corrected chi connectivity index (χ3v) is 4.52. The van der Waals surface area contributed by atoms with E-state index in [0.29, 0.717) is 23.1 Å². The van der Waals surface area contributed by atoms with E-state index in [1.165, 1.54) is 0 Å². The first-order valence-corrected chi connectivity index (χ1v) is 8.63. The number of carbonyl (C=O) groups excluding carboxylic acids is 1. The number of nitrogens with one attached hydrogen (secondary N) is 1. The molecule has 3 aromatic rings. The van der Waals surface area contributed by atoms with Gasteiger partial charge in [-0.1, -0.05) is 11.6 Å². The lowest BCUT2D eigenvalue weighted by Crippen LogP contribution is -2.28. The molecule has 26 heavy (non-hydrogen) atoms. The van der Waals surface area contributed by atoms with Crippen molar-refractivity contribution >= 4 is 28.9 Å². The third kappa shape index (κ3) is 3.26.